The van der Waals surface area contributed by atoms with E-state index in [1.807, 2.05) is 6.07 Å². The van der Waals surface area contributed by atoms with Crippen molar-refractivity contribution in [2.24, 2.45) is 5.92 Å². The van der Waals surface area contributed by atoms with Crippen molar-refractivity contribution in [1.82, 2.24) is 10.5 Å². The number of aryl methyl sites for hydroxylation is 1. The van der Waals surface area contributed by atoms with Gasteiger partial charge in [0.25, 0.3) is 0 Å². The van der Waals surface area contributed by atoms with E-state index in [9.17, 15) is 0 Å². The summed E-state index contributed by atoms with van der Waals surface area (Å²) in [4.78, 5) is 0. The lowest BCUT2D eigenvalue weighted by Crippen LogP contribution is -2.27. The first-order valence-corrected chi connectivity index (χ1v) is 5.26. The summed E-state index contributed by atoms with van der Waals surface area (Å²) in [5, 5.41) is 7.25. The van der Waals surface area contributed by atoms with Crippen LogP contribution in [0.1, 0.15) is 25.0 Å². The second-order valence-corrected chi connectivity index (χ2v) is 3.95. The van der Waals surface area contributed by atoms with Crippen molar-refractivity contribution in [2.75, 3.05) is 18.8 Å². The van der Waals surface area contributed by atoms with Gasteiger partial charge in [0.05, 0.1) is 5.69 Å². The van der Waals surface area contributed by atoms with E-state index in [2.05, 4.69) is 10.5 Å². The Kier molecular flexibility index (Phi) is 3.03. The molecular formula is C10H17N3O. The quantitative estimate of drug-likeness (QED) is 0.760. The van der Waals surface area contributed by atoms with Gasteiger partial charge in [0.15, 0.2) is 0 Å². The van der Waals surface area contributed by atoms with Crippen LogP contribution in [0, 0.1) is 5.92 Å². The minimum absolute atomic E-state index is 0.422. The molecule has 1 aliphatic heterocycles. The largest absolute Gasteiger partial charge is 0.368 e. The number of hydrogen-bond acceptors (Lipinski definition) is 4. The van der Waals surface area contributed by atoms with E-state index >= 15 is 0 Å². The molecule has 4 nitrogen and oxygen atoms in total. The Bertz CT molecular complexity index is 279. The normalized spacial score (nSPS) is 18.6. The molecule has 0 atom stereocenters. The molecule has 2 rings (SSSR count). The molecular weight excluding hydrogens is 178 g/mol. The van der Waals surface area contributed by atoms with Crippen LogP contribution in [0.2, 0.25) is 0 Å². The van der Waals surface area contributed by atoms with Crippen LogP contribution in [0.4, 0.5) is 5.88 Å². The smallest absolute Gasteiger partial charge is 0.222 e. The Morgan fingerprint density at radius 1 is 1.50 bits per heavy atom. The third-order valence-corrected chi connectivity index (χ3v) is 2.84. The molecule has 1 aliphatic rings. The van der Waals surface area contributed by atoms with Gasteiger partial charge in [0, 0.05) is 6.07 Å². The van der Waals surface area contributed by atoms with Crippen LogP contribution in [0.3, 0.4) is 0 Å². The summed E-state index contributed by atoms with van der Waals surface area (Å²) >= 11 is 0. The van der Waals surface area contributed by atoms with Gasteiger partial charge in [-0.1, -0.05) is 5.16 Å². The highest BCUT2D eigenvalue weighted by atomic mass is 16.5. The van der Waals surface area contributed by atoms with Gasteiger partial charge in [-0.3, -0.25) is 0 Å². The van der Waals surface area contributed by atoms with E-state index in [-0.39, 0.29) is 0 Å². The van der Waals surface area contributed by atoms with E-state index in [4.69, 9.17) is 10.3 Å². The maximum atomic E-state index is 5.45. The van der Waals surface area contributed by atoms with Crippen LogP contribution in [-0.2, 0) is 6.42 Å². The first-order chi connectivity index (χ1) is 6.84. The van der Waals surface area contributed by atoms with E-state index in [0.717, 1.165) is 31.1 Å². The molecule has 0 radical (unpaired) electrons. The maximum absolute atomic E-state index is 5.45. The summed E-state index contributed by atoms with van der Waals surface area (Å²) in [6.07, 6.45) is 4.76. The van der Waals surface area contributed by atoms with Crippen molar-refractivity contribution in [2.45, 2.75) is 25.7 Å². The van der Waals surface area contributed by atoms with Gasteiger partial charge in [0.2, 0.25) is 5.88 Å². The highest BCUT2D eigenvalue weighted by Gasteiger charge is 2.13. The standard InChI is InChI=1S/C10H17N3O/c11-10-7-9(13-14-10)2-1-8-3-5-12-6-4-8/h7-8,12H,1-6,11H2. The van der Waals surface area contributed by atoms with Gasteiger partial charge in [-0.05, 0) is 44.7 Å². The van der Waals surface area contributed by atoms with Crippen LogP contribution in [0.25, 0.3) is 0 Å². The molecule has 0 spiro atoms. The van der Waals surface area contributed by atoms with Crippen LogP contribution < -0.4 is 11.1 Å². The molecule has 0 amide bonds. The van der Waals surface area contributed by atoms with Gasteiger partial charge in [0.1, 0.15) is 0 Å². The molecule has 1 saturated heterocycles. The molecule has 0 saturated carbocycles. The second kappa shape index (κ2) is 4.46. The first kappa shape index (κ1) is 9.52. The molecule has 0 aliphatic carbocycles. The van der Waals surface area contributed by atoms with Gasteiger partial charge in [-0.15, -0.1) is 0 Å². The summed E-state index contributed by atoms with van der Waals surface area (Å²) in [6, 6.07) is 1.82. The Morgan fingerprint density at radius 3 is 2.93 bits per heavy atom. The Labute approximate surface area is 83.8 Å². The predicted octanol–water partition coefficient (Wildman–Crippen LogP) is 1.19. The highest BCUT2D eigenvalue weighted by molar-refractivity contribution is 5.24. The van der Waals surface area contributed by atoms with Crippen LogP contribution >= 0.6 is 0 Å². The van der Waals surface area contributed by atoms with Gasteiger partial charge in [-0.2, -0.15) is 0 Å². The number of nitrogens with two attached hydrogens (primary N) is 1. The molecule has 1 aromatic rings. The van der Waals surface area contributed by atoms with Crippen molar-refractivity contribution in [1.29, 1.82) is 0 Å². The summed E-state index contributed by atoms with van der Waals surface area (Å²) in [7, 11) is 0. The molecule has 1 fully saturated rings. The van der Waals surface area contributed by atoms with Crippen LogP contribution in [0.5, 0.6) is 0 Å². The average Bonchev–Trinajstić information content (AvgIpc) is 2.63. The van der Waals surface area contributed by atoms with Crippen molar-refractivity contribution in [3.8, 4) is 0 Å². The van der Waals surface area contributed by atoms with E-state index < -0.39 is 0 Å². The zero-order valence-electron chi connectivity index (χ0n) is 8.33. The molecule has 4 heteroatoms. The zero-order valence-corrected chi connectivity index (χ0v) is 8.33. The fourth-order valence-corrected chi connectivity index (χ4v) is 1.97. The van der Waals surface area contributed by atoms with Crippen molar-refractivity contribution in [3.63, 3.8) is 0 Å². The molecule has 14 heavy (non-hydrogen) atoms. The second-order valence-electron chi connectivity index (χ2n) is 3.95. The number of nitrogen functional groups attached to an aromatic ring is 1. The lowest BCUT2D eigenvalue weighted by Gasteiger charge is -2.21. The number of piperidine rings is 1. The lowest BCUT2D eigenvalue weighted by molar-refractivity contribution is 0.349. The Morgan fingerprint density at radius 2 is 2.29 bits per heavy atom. The van der Waals surface area contributed by atoms with Crippen LogP contribution in [0.15, 0.2) is 10.6 Å². The number of rotatable bonds is 3. The Balaban J connectivity index is 1.76. The van der Waals surface area contributed by atoms with Gasteiger partial charge in [-0.25, -0.2) is 0 Å². The number of hydrogen-bond donors (Lipinski definition) is 2. The minimum atomic E-state index is 0.422. The number of nitrogens with zero attached hydrogens (tertiary/aromatic N) is 1. The third-order valence-electron chi connectivity index (χ3n) is 2.84. The van der Waals surface area contributed by atoms with Gasteiger partial charge < -0.3 is 15.6 Å². The minimum Gasteiger partial charge on any atom is -0.368 e. The Hall–Kier alpha value is -1.03. The highest BCUT2D eigenvalue weighted by Crippen LogP contribution is 2.18. The van der Waals surface area contributed by atoms with Crippen molar-refractivity contribution < 1.29 is 4.52 Å². The molecule has 1 aromatic heterocycles. The van der Waals surface area contributed by atoms with Gasteiger partial charge >= 0.3 is 0 Å². The average molecular weight is 195 g/mol. The van der Waals surface area contributed by atoms with E-state index in [0.29, 0.717) is 5.88 Å². The monoisotopic (exact) mass is 195 g/mol. The molecule has 0 bridgehead atoms. The topological polar surface area (TPSA) is 64.1 Å². The summed E-state index contributed by atoms with van der Waals surface area (Å²) in [5.74, 6) is 1.26. The molecule has 3 N–H and O–H groups in total. The number of nitrogens with one attached hydrogen (secondary N) is 1. The maximum Gasteiger partial charge on any atom is 0.222 e. The summed E-state index contributed by atoms with van der Waals surface area (Å²) < 4.78 is 4.82. The fraction of sp³-hybridized carbons (Fsp3) is 0.700. The van der Waals surface area contributed by atoms with Crippen molar-refractivity contribution in [3.05, 3.63) is 11.8 Å². The van der Waals surface area contributed by atoms with E-state index in [1.54, 1.807) is 0 Å². The number of anilines is 1. The number of aromatic nitrogens is 1. The lowest BCUT2D eigenvalue weighted by atomic mass is 9.92. The molecule has 2 heterocycles. The summed E-state index contributed by atoms with van der Waals surface area (Å²) in [6.45, 7) is 2.32. The molecule has 78 valence electrons. The molecule has 0 aromatic carbocycles. The zero-order chi connectivity index (χ0) is 9.80. The summed E-state index contributed by atoms with van der Waals surface area (Å²) in [5.41, 5.74) is 6.44. The predicted molar refractivity (Wildman–Crippen MR) is 54.8 cm³/mol. The van der Waals surface area contributed by atoms with Crippen molar-refractivity contribution >= 4 is 5.88 Å². The third kappa shape index (κ3) is 2.48. The van der Waals surface area contributed by atoms with Crippen LogP contribution in [-0.4, -0.2) is 18.2 Å². The fourth-order valence-electron chi connectivity index (χ4n) is 1.97. The first-order valence-electron chi connectivity index (χ1n) is 5.26. The van der Waals surface area contributed by atoms with E-state index in [1.165, 1.54) is 19.3 Å². The molecule has 0 unspecified atom stereocenters. The SMILES string of the molecule is Nc1cc(CCC2CCNCC2)no1.